The molecule has 0 bridgehead atoms. The van der Waals surface area contributed by atoms with E-state index in [1.54, 1.807) is 11.3 Å². The van der Waals surface area contributed by atoms with Crippen LogP contribution >= 0.6 is 11.3 Å². The maximum atomic E-state index is 4.45. The number of nitrogens with zero attached hydrogens (tertiary/aromatic N) is 3. The van der Waals surface area contributed by atoms with Gasteiger partial charge in [0.05, 0.1) is 4.88 Å². The van der Waals surface area contributed by atoms with Crippen LogP contribution in [0.1, 0.15) is 12.5 Å². The summed E-state index contributed by atoms with van der Waals surface area (Å²) in [5.41, 5.74) is 2.43. The third-order valence-corrected chi connectivity index (χ3v) is 4.58. The first kappa shape index (κ1) is 15.6. The molecule has 0 unspecified atom stereocenters. The molecule has 3 rings (SSSR count). The molecule has 0 aliphatic carbocycles. The Hall–Kier alpha value is -2.24. The number of aromatic nitrogens is 2. The lowest BCUT2D eigenvalue weighted by Gasteiger charge is -2.14. The minimum absolute atomic E-state index is 0.834. The van der Waals surface area contributed by atoms with Crippen LogP contribution in [0.3, 0.4) is 0 Å². The number of anilines is 2. The molecule has 5 heteroatoms. The highest BCUT2D eigenvalue weighted by Crippen LogP contribution is 2.30. The van der Waals surface area contributed by atoms with Gasteiger partial charge in [-0.1, -0.05) is 48.6 Å². The molecular weight excluding hydrogens is 304 g/mol. The smallest absolute Gasteiger partial charge is 0.188 e. The molecule has 0 spiro atoms. The second-order valence-corrected chi connectivity index (χ2v) is 6.43. The van der Waals surface area contributed by atoms with E-state index in [0.717, 1.165) is 28.9 Å². The number of pyridine rings is 1. The van der Waals surface area contributed by atoms with E-state index in [0.29, 0.717) is 0 Å². The van der Waals surface area contributed by atoms with Crippen LogP contribution in [0.25, 0.3) is 10.4 Å². The Morgan fingerprint density at radius 1 is 1.13 bits per heavy atom. The second kappa shape index (κ2) is 7.35. The van der Waals surface area contributed by atoms with Gasteiger partial charge in [0.1, 0.15) is 5.82 Å². The molecular formula is C18H20N4S. The van der Waals surface area contributed by atoms with Gasteiger partial charge in [0.2, 0.25) is 0 Å². The van der Waals surface area contributed by atoms with Crippen molar-refractivity contribution in [1.82, 2.24) is 14.9 Å². The number of hydrogen-bond acceptors (Lipinski definition) is 5. The summed E-state index contributed by atoms with van der Waals surface area (Å²) in [7, 11) is 2.11. The first-order valence-corrected chi connectivity index (χ1v) is 8.48. The third kappa shape index (κ3) is 4.15. The van der Waals surface area contributed by atoms with Gasteiger partial charge in [-0.2, -0.15) is 0 Å². The first-order chi connectivity index (χ1) is 11.2. The van der Waals surface area contributed by atoms with E-state index < -0.39 is 0 Å². The topological polar surface area (TPSA) is 41.1 Å². The van der Waals surface area contributed by atoms with Gasteiger partial charge < -0.3 is 10.2 Å². The second-order valence-electron chi connectivity index (χ2n) is 5.40. The molecule has 0 radical (unpaired) electrons. The van der Waals surface area contributed by atoms with E-state index >= 15 is 0 Å². The minimum Gasteiger partial charge on any atom is -0.316 e. The van der Waals surface area contributed by atoms with Crippen LogP contribution in [0.4, 0.5) is 10.9 Å². The lowest BCUT2D eigenvalue weighted by molar-refractivity contribution is 0.346. The van der Waals surface area contributed by atoms with Crippen molar-refractivity contribution in [1.29, 1.82) is 0 Å². The maximum absolute atomic E-state index is 4.45. The fourth-order valence-corrected chi connectivity index (χ4v) is 3.07. The van der Waals surface area contributed by atoms with E-state index in [1.165, 1.54) is 11.1 Å². The van der Waals surface area contributed by atoms with Gasteiger partial charge >= 0.3 is 0 Å². The van der Waals surface area contributed by atoms with Gasteiger partial charge in [-0.15, -0.1) is 0 Å². The van der Waals surface area contributed by atoms with Gasteiger partial charge in [-0.05, 0) is 36.9 Å². The van der Waals surface area contributed by atoms with Gasteiger partial charge in [-0.3, -0.25) is 0 Å². The molecule has 0 aliphatic heterocycles. The first-order valence-electron chi connectivity index (χ1n) is 7.66. The molecule has 0 amide bonds. The summed E-state index contributed by atoms with van der Waals surface area (Å²) in [5.74, 6) is 0.834. The molecule has 0 atom stereocenters. The Bertz CT molecular complexity index is 754. The van der Waals surface area contributed by atoms with E-state index in [1.807, 2.05) is 30.6 Å². The average Bonchev–Trinajstić information content (AvgIpc) is 3.04. The molecule has 3 aromatic rings. The molecule has 2 aromatic heterocycles. The van der Waals surface area contributed by atoms with E-state index in [-0.39, 0.29) is 0 Å². The average molecular weight is 324 g/mol. The van der Waals surface area contributed by atoms with Crippen LogP contribution in [0.2, 0.25) is 0 Å². The Labute approximate surface area is 140 Å². The molecule has 118 valence electrons. The molecule has 0 aliphatic rings. The van der Waals surface area contributed by atoms with Gasteiger partial charge in [0.25, 0.3) is 0 Å². The monoisotopic (exact) mass is 324 g/mol. The zero-order valence-corrected chi connectivity index (χ0v) is 14.2. The molecule has 0 saturated heterocycles. The SMILES string of the molecule is CCN(C)Cc1ccnc(Nc2ncc(-c3ccccc3)s2)c1. The van der Waals surface area contributed by atoms with Crippen LogP contribution in [0, 0.1) is 0 Å². The zero-order valence-electron chi connectivity index (χ0n) is 13.4. The molecule has 1 aromatic carbocycles. The number of thiazole rings is 1. The quantitative estimate of drug-likeness (QED) is 0.729. The van der Waals surface area contributed by atoms with Crippen molar-refractivity contribution < 1.29 is 0 Å². The fraction of sp³-hybridized carbons (Fsp3) is 0.222. The van der Waals surface area contributed by atoms with Crippen LogP contribution in [-0.2, 0) is 6.54 Å². The molecule has 1 N–H and O–H groups in total. The predicted octanol–water partition coefficient (Wildman–Crippen LogP) is 4.40. The van der Waals surface area contributed by atoms with Crippen LogP contribution in [0.15, 0.2) is 54.9 Å². The Balaban J connectivity index is 1.73. The predicted molar refractivity (Wildman–Crippen MR) is 97.1 cm³/mol. The fourth-order valence-electron chi connectivity index (χ4n) is 2.24. The Morgan fingerprint density at radius 3 is 2.74 bits per heavy atom. The largest absolute Gasteiger partial charge is 0.316 e. The number of rotatable bonds is 6. The Kier molecular flexibility index (Phi) is 5.00. The number of nitrogens with one attached hydrogen (secondary N) is 1. The van der Waals surface area contributed by atoms with Gasteiger partial charge in [0, 0.05) is 18.9 Å². The molecule has 4 nitrogen and oxygen atoms in total. The standard InChI is InChI=1S/C18H20N4S/c1-3-22(2)13-14-9-10-19-17(11-14)21-18-20-12-16(23-18)15-7-5-4-6-8-15/h4-12H,3,13H2,1-2H3,(H,19,20,21). The Morgan fingerprint density at radius 2 is 1.96 bits per heavy atom. The van der Waals surface area contributed by atoms with E-state index in [2.05, 4.69) is 58.4 Å². The molecule has 0 saturated carbocycles. The van der Waals surface area contributed by atoms with Crippen molar-refractivity contribution in [2.75, 3.05) is 18.9 Å². The van der Waals surface area contributed by atoms with Gasteiger partial charge in [0.15, 0.2) is 5.13 Å². The van der Waals surface area contributed by atoms with Crippen LogP contribution in [0.5, 0.6) is 0 Å². The van der Waals surface area contributed by atoms with Crippen LogP contribution < -0.4 is 5.32 Å². The van der Waals surface area contributed by atoms with Crippen molar-refractivity contribution in [3.8, 4) is 10.4 Å². The highest BCUT2D eigenvalue weighted by atomic mass is 32.1. The summed E-state index contributed by atoms with van der Waals surface area (Å²) in [6, 6.07) is 14.4. The molecule has 0 fully saturated rings. The minimum atomic E-state index is 0.834. The summed E-state index contributed by atoms with van der Waals surface area (Å²) >= 11 is 1.63. The number of hydrogen-bond donors (Lipinski definition) is 1. The maximum Gasteiger partial charge on any atom is 0.188 e. The van der Waals surface area contributed by atoms with Crippen molar-refractivity contribution in [3.05, 3.63) is 60.4 Å². The summed E-state index contributed by atoms with van der Waals surface area (Å²) < 4.78 is 0. The normalized spacial score (nSPS) is 10.9. The van der Waals surface area contributed by atoms with Crippen molar-refractivity contribution in [2.24, 2.45) is 0 Å². The third-order valence-electron chi connectivity index (χ3n) is 3.62. The van der Waals surface area contributed by atoms with Crippen molar-refractivity contribution >= 4 is 22.3 Å². The van der Waals surface area contributed by atoms with Crippen molar-refractivity contribution in [2.45, 2.75) is 13.5 Å². The highest BCUT2D eigenvalue weighted by molar-refractivity contribution is 7.18. The number of benzene rings is 1. The lowest BCUT2D eigenvalue weighted by Crippen LogP contribution is -2.16. The zero-order chi connectivity index (χ0) is 16.1. The highest BCUT2D eigenvalue weighted by Gasteiger charge is 2.06. The molecule has 23 heavy (non-hydrogen) atoms. The molecule has 2 heterocycles. The van der Waals surface area contributed by atoms with Gasteiger partial charge in [-0.25, -0.2) is 9.97 Å². The summed E-state index contributed by atoms with van der Waals surface area (Å²) in [6.07, 6.45) is 3.74. The van der Waals surface area contributed by atoms with E-state index in [9.17, 15) is 0 Å². The lowest BCUT2D eigenvalue weighted by atomic mass is 10.2. The summed E-state index contributed by atoms with van der Waals surface area (Å²) in [6.45, 7) is 4.10. The van der Waals surface area contributed by atoms with Crippen molar-refractivity contribution in [3.63, 3.8) is 0 Å². The summed E-state index contributed by atoms with van der Waals surface area (Å²) in [4.78, 5) is 12.2. The van der Waals surface area contributed by atoms with Crippen LogP contribution in [-0.4, -0.2) is 28.5 Å². The van der Waals surface area contributed by atoms with E-state index in [4.69, 9.17) is 0 Å². The summed E-state index contributed by atoms with van der Waals surface area (Å²) in [5, 5.41) is 4.16.